The van der Waals surface area contributed by atoms with Crippen molar-refractivity contribution in [3.63, 3.8) is 0 Å². The molecule has 1 aliphatic rings. The lowest BCUT2D eigenvalue weighted by Gasteiger charge is -2.19. The summed E-state index contributed by atoms with van der Waals surface area (Å²) in [4.78, 5) is 19.9. The highest BCUT2D eigenvalue weighted by Gasteiger charge is 2.31. The van der Waals surface area contributed by atoms with Crippen LogP contribution in [0.3, 0.4) is 0 Å². The van der Waals surface area contributed by atoms with E-state index in [0.29, 0.717) is 12.2 Å². The predicted octanol–water partition coefficient (Wildman–Crippen LogP) is 2.25. The van der Waals surface area contributed by atoms with Crippen LogP contribution in [0.25, 0.3) is 11.0 Å². The Balaban J connectivity index is 1.84. The number of carbonyl (C=O) groups excluding carboxylic acids is 1. The van der Waals surface area contributed by atoms with Gasteiger partial charge in [0.2, 0.25) is 5.91 Å². The third kappa shape index (κ3) is 1.91. The molecular formula is C15H15N5O. The zero-order valence-electron chi connectivity index (χ0n) is 11.6. The van der Waals surface area contributed by atoms with Gasteiger partial charge in [0.1, 0.15) is 5.82 Å². The van der Waals surface area contributed by atoms with Crippen molar-refractivity contribution in [2.75, 3.05) is 5.32 Å². The van der Waals surface area contributed by atoms with Crippen molar-refractivity contribution in [3.05, 3.63) is 41.9 Å². The molecule has 1 atom stereocenters. The molecule has 2 N–H and O–H groups in total. The average Bonchev–Trinajstić information content (AvgIpc) is 3.09. The van der Waals surface area contributed by atoms with E-state index in [2.05, 4.69) is 20.4 Å². The van der Waals surface area contributed by atoms with Gasteiger partial charge in [-0.15, -0.1) is 0 Å². The number of anilines is 1. The van der Waals surface area contributed by atoms with Crippen LogP contribution in [0.15, 0.2) is 30.5 Å². The minimum Gasteiger partial charge on any atom is -0.341 e. The molecule has 3 heterocycles. The van der Waals surface area contributed by atoms with Crippen LogP contribution in [0.4, 0.5) is 5.82 Å². The Labute approximate surface area is 121 Å². The molecule has 6 heteroatoms. The van der Waals surface area contributed by atoms with E-state index in [9.17, 15) is 4.79 Å². The highest BCUT2D eigenvalue weighted by Crippen LogP contribution is 2.35. The Morgan fingerprint density at radius 1 is 1.38 bits per heavy atom. The molecule has 0 saturated carbocycles. The van der Waals surface area contributed by atoms with E-state index < -0.39 is 0 Å². The number of aryl methyl sites for hydroxylation is 1. The number of benzene rings is 1. The van der Waals surface area contributed by atoms with E-state index in [4.69, 9.17) is 0 Å². The number of aromatic amines is 1. The molecule has 0 aliphatic carbocycles. The largest absolute Gasteiger partial charge is 0.341 e. The van der Waals surface area contributed by atoms with Gasteiger partial charge in [-0.3, -0.25) is 9.48 Å². The van der Waals surface area contributed by atoms with E-state index >= 15 is 0 Å². The van der Waals surface area contributed by atoms with Crippen molar-refractivity contribution >= 4 is 22.8 Å². The molecule has 1 unspecified atom stereocenters. The third-order valence-electron chi connectivity index (χ3n) is 3.87. The summed E-state index contributed by atoms with van der Waals surface area (Å²) in [6.45, 7) is 2.80. The first kappa shape index (κ1) is 12.1. The lowest BCUT2D eigenvalue weighted by molar-refractivity contribution is -0.116. The monoisotopic (exact) mass is 281 g/mol. The topological polar surface area (TPSA) is 75.6 Å². The molecule has 1 aliphatic heterocycles. The second kappa shape index (κ2) is 4.44. The number of H-pyrrole nitrogens is 1. The normalized spacial score (nSPS) is 17.8. The predicted molar refractivity (Wildman–Crippen MR) is 79.1 cm³/mol. The molecule has 2 aromatic heterocycles. The van der Waals surface area contributed by atoms with E-state index in [0.717, 1.165) is 29.0 Å². The summed E-state index contributed by atoms with van der Waals surface area (Å²) in [5, 5.41) is 7.23. The molecular weight excluding hydrogens is 266 g/mol. The van der Waals surface area contributed by atoms with E-state index in [1.54, 1.807) is 0 Å². The molecule has 106 valence electrons. The van der Waals surface area contributed by atoms with Gasteiger partial charge in [0.05, 0.1) is 17.0 Å². The Bertz CT molecular complexity index is 799. The second-order valence-electron chi connectivity index (χ2n) is 5.23. The number of fused-ring (bicyclic) bond motifs is 2. The molecule has 1 aromatic carbocycles. The zero-order chi connectivity index (χ0) is 14.4. The first-order valence-corrected chi connectivity index (χ1v) is 7.06. The number of aromatic nitrogens is 4. The van der Waals surface area contributed by atoms with Gasteiger partial charge in [0.25, 0.3) is 0 Å². The molecule has 0 fully saturated rings. The number of hydrogen-bond acceptors (Lipinski definition) is 3. The molecule has 1 amide bonds. The van der Waals surface area contributed by atoms with Gasteiger partial charge in [-0.1, -0.05) is 12.1 Å². The maximum absolute atomic E-state index is 11.9. The van der Waals surface area contributed by atoms with Crippen LogP contribution in [-0.4, -0.2) is 25.7 Å². The van der Waals surface area contributed by atoms with Crippen LogP contribution in [0.5, 0.6) is 0 Å². The van der Waals surface area contributed by atoms with Crippen LogP contribution in [-0.2, 0) is 11.3 Å². The Hall–Kier alpha value is -2.63. The molecule has 0 bridgehead atoms. The number of nitrogens with zero attached hydrogens (tertiary/aromatic N) is 3. The standard InChI is InChI=1S/C15H15N5O/c1-2-20-8-10-9(7-13(21)18-15(10)19-20)14-16-11-5-3-4-6-12(11)17-14/h3-6,8-9H,2,7H2,1H3,(H,16,17)(H,18,19,21). The molecule has 6 nitrogen and oxygen atoms in total. The third-order valence-corrected chi connectivity index (χ3v) is 3.87. The van der Waals surface area contributed by atoms with Gasteiger partial charge in [-0.05, 0) is 19.1 Å². The number of nitrogens with one attached hydrogen (secondary N) is 2. The maximum Gasteiger partial charge on any atom is 0.226 e. The summed E-state index contributed by atoms with van der Waals surface area (Å²) in [7, 11) is 0. The van der Waals surface area contributed by atoms with Crippen molar-refractivity contribution in [1.82, 2.24) is 19.7 Å². The number of para-hydroxylation sites is 2. The van der Waals surface area contributed by atoms with Gasteiger partial charge < -0.3 is 10.3 Å². The van der Waals surface area contributed by atoms with Crippen molar-refractivity contribution in [1.29, 1.82) is 0 Å². The lowest BCUT2D eigenvalue weighted by atomic mass is 9.94. The van der Waals surface area contributed by atoms with Crippen molar-refractivity contribution in [2.24, 2.45) is 0 Å². The molecule has 0 radical (unpaired) electrons. The Kier molecular flexibility index (Phi) is 2.57. The van der Waals surface area contributed by atoms with Crippen LogP contribution in [0.1, 0.15) is 30.7 Å². The fraction of sp³-hybridized carbons (Fsp3) is 0.267. The minimum absolute atomic E-state index is 0.0192. The van der Waals surface area contributed by atoms with Crippen LogP contribution < -0.4 is 5.32 Å². The van der Waals surface area contributed by atoms with Crippen LogP contribution in [0, 0.1) is 0 Å². The quantitative estimate of drug-likeness (QED) is 0.756. The molecule has 4 rings (SSSR count). The van der Waals surface area contributed by atoms with Gasteiger partial charge in [-0.25, -0.2) is 4.98 Å². The fourth-order valence-electron chi connectivity index (χ4n) is 2.81. The van der Waals surface area contributed by atoms with Crippen molar-refractivity contribution in [3.8, 4) is 0 Å². The van der Waals surface area contributed by atoms with Gasteiger partial charge in [-0.2, -0.15) is 5.10 Å². The molecule has 0 saturated heterocycles. The van der Waals surface area contributed by atoms with Crippen molar-refractivity contribution in [2.45, 2.75) is 25.8 Å². The fourth-order valence-corrected chi connectivity index (χ4v) is 2.81. The Morgan fingerprint density at radius 3 is 3.05 bits per heavy atom. The summed E-state index contributed by atoms with van der Waals surface area (Å²) in [5.74, 6) is 1.39. The number of amides is 1. The summed E-state index contributed by atoms with van der Waals surface area (Å²) in [5.41, 5.74) is 2.93. The van der Waals surface area contributed by atoms with Gasteiger partial charge >= 0.3 is 0 Å². The first-order valence-electron chi connectivity index (χ1n) is 7.06. The van der Waals surface area contributed by atoms with E-state index in [-0.39, 0.29) is 11.8 Å². The highest BCUT2D eigenvalue weighted by atomic mass is 16.1. The minimum atomic E-state index is -0.0681. The second-order valence-corrected chi connectivity index (χ2v) is 5.23. The SMILES string of the molecule is CCn1cc2c(n1)NC(=O)CC2c1nc2ccccc2[nH]1. The van der Waals surface area contributed by atoms with Crippen LogP contribution in [0.2, 0.25) is 0 Å². The van der Waals surface area contributed by atoms with Gasteiger partial charge in [0.15, 0.2) is 5.82 Å². The highest BCUT2D eigenvalue weighted by molar-refractivity contribution is 5.94. The number of carbonyl (C=O) groups is 1. The average molecular weight is 281 g/mol. The smallest absolute Gasteiger partial charge is 0.226 e. The number of rotatable bonds is 2. The van der Waals surface area contributed by atoms with Crippen LogP contribution >= 0.6 is 0 Å². The number of hydrogen-bond donors (Lipinski definition) is 2. The zero-order valence-corrected chi connectivity index (χ0v) is 11.6. The Morgan fingerprint density at radius 2 is 2.24 bits per heavy atom. The maximum atomic E-state index is 11.9. The number of imidazole rings is 1. The lowest BCUT2D eigenvalue weighted by Crippen LogP contribution is -2.23. The molecule has 0 spiro atoms. The van der Waals surface area contributed by atoms with E-state index in [1.165, 1.54) is 0 Å². The summed E-state index contributed by atoms with van der Waals surface area (Å²) >= 11 is 0. The summed E-state index contributed by atoms with van der Waals surface area (Å²) in [6, 6.07) is 7.89. The van der Waals surface area contributed by atoms with Gasteiger partial charge in [0, 0.05) is 24.7 Å². The van der Waals surface area contributed by atoms with Crippen molar-refractivity contribution < 1.29 is 4.79 Å². The molecule has 3 aromatic rings. The summed E-state index contributed by atoms with van der Waals surface area (Å²) in [6.07, 6.45) is 2.38. The molecule has 21 heavy (non-hydrogen) atoms. The first-order chi connectivity index (χ1) is 10.2. The van der Waals surface area contributed by atoms with E-state index in [1.807, 2.05) is 42.1 Å². The summed E-state index contributed by atoms with van der Waals surface area (Å²) < 4.78 is 1.84.